The molecule has 0 saturated carbocycles. The Morgan fingerprint density at radius 2 is 2.07 bits per heavy atom. The molecular weight excluding hydrogens is 260 g/mol. The van der Waals surface area contributed by atoms with Crippen LogP contribution in [-0.4, -0.2) is 16.8 Å². The average molecular weight is 266 g/mol. The molecule has 0 bridgehead atoms. The molecule has 15 heavy (non-hydrogen) atoms. The third kappa shape index (κ3) is 1.78. The highest BCUT2D eigenvalue weighted by molar-refractivity contribution is 7.94. The molecule has 0 fully saturated rings. The molecule has 0 amide bonds. The number of thiophene rings is 1. The molecule has 82 valence electrons. The van der Waals surface area contributed by atoms with Crippen molar-refractivity contribution in [3.05, 3.63) is 17.8 Å². The Bertz CT molecular complexity index is 638. The normalized spacial score (nSPS) is 18.2. The SMILES string of the molecule is NS(=O)(=O)c1cc2c(s1)S(=O)(=O)NC=C2. The first-order valence-electron chi connectivity index (χ1n) is 3.66. The second-order valence-corrected chi connectivity index (χ2v) is 7.56. The minimum Gasteiger partial charge on any atom is -0.286 e. The largest absolute Gasteiger partial charge is 0.286 e. The zero-order valence-electron chi connectivity index (χ0n) is 7.17. The van der Waals surface area contributed by atoms with Crippen LogP contribution in [0.15, 0.2) is 20.7 Å². The summed E-state index contributed by atoms with van der Waals surface area (Å²) in [5.74, 6) is 0. The number of rotatable bonds is 1. The fourth-order valence-corrected chi connectivity index (χ4v) is 4.52. The van der Waals surface area contributed by atoms with E-state index in [0.29, 0.717) is 16.9 Å². The van der Waals surface area contributed by atoms with Crippen LogP contribution < -0.4 is 9.86 Å². The molecule has 0 spiro atoms. The van der Waals surface area contributed by atoms with Crippen molar-refractivity contribution in [2.75, 3.05) is 0 Å². The van der Waals surface area contributed by atoms with Gasteiger partial charge < -0.3 is 0 Å². The lowest BCUT2D eigenvalue weighted by atomic mass is 10.3. The molecule has 0 radical (unpaired) electrons. The maximum absolute atomic E-state index is 11.4. The summed E-state index contributed by atoms with van der Waals surface area (Å²) in [5, 5.41) is 4.90. The molecule has 2 rings (SSSR count). The van der Waals surface area contributed by atoms with E-state index in [1.807, 2.05) is 0 Å². The highest BCUT2D eigenvalue weighted by Crippen LogP contribution is 2.32. The van der Waals surface area contributed by atoms with Crippen molar-refractivity contribution in [3.8, 4) is 0 Å². The van der Waals surface area contributed by atoms with E-state index in [2.05, 4.69) is 4.72 Å². The molecule has 0 aromatic carbocycles. The van der Waals surface area contributed by atoms with Crippen molar-refractivity contribution in [1.82, 2.24) is 4.72 Å². The molecule has 0 aliphatic carbocycles. The van der Waals surface area contributed by atoms with Crippen molar-refractivity contribution in [3.63, 3.8) is 0 Å². The Hall–Kier alpha value is -0.900. The smallest absolute Gasteiger partial charge is 0.271 e. The standard InChI is InChI=1S/C6H6N2O4S3/c7-14(9,10)5-3-4-1-2-8-15(11,12)6(4)13-5/h1-3,8H,(H2,7,9,10). The number of hydrogen-bond donors (Lipinski definition) is 2. The first-order chi connectivity index (χ1) is 6.81. The number of nitrogens with two attached hydrogens (primary N) is 1. The van der Waals surface area contributed by atoms with Crippen LogP contribution in [0.1, 0.15) is 5.56 Å². The quantitative estimate of drug-likeness (QED) is 0.725. The van der Waals surface area contributed by atoms with E-state index in [1.165, 1.54) is 18.3 Å². The van der Waals surface area contributed by atoms with Crippen LogP contribution in [-0.2, 0) is 20.0 Å². The van der Waals surface area contributed by atoms with E-state index in [4.69, 9.17) is 5.14 Å². The monoisotopic (exact) mass is 266 g/mol. The van der Waals surface area contributed by atoms with E-state index in [-0.39, 0.29) is 8.42 Å². The van der Waals surface area contributed by atoms with Crippen molar-refractivity contribution in [1.29, 1.82) is 0 Å². The van der Waals surface area contributed by atoms with Gasteiger partial charge in [-0.25, -0.2) is 22.0 Å². The summed E-state index contributed by atoms with van der Waals surface area (Å²) in [5.41, 5.74) is 0.336. The Morgan fingerprint density at radius 3 is 2.60 bits per heavy atom. The lowest BCUT2D eigenvalue weighted by molar-refractivity contribution is 0.591. The number of nitrogens with one attached hydrogen (secondary N) is 1. The lowest BCUT2D eigenvalue weighted by Crippen LogP contribution is -2.19. The first-order valence-corrected chi connectivity index (χ1v) is 7.51. The number of hydrogen-bond acceptors (Lipinski definition) is 5. The maximum Gasteiger partial charge on any atom is 0.271 e. The van der Waals surface area contributed by atoms with Gasteiger partial charge in [0.1, 0.15) is 8.42 Å². The number of sulfonamides is 2. The van der Waals surface area contributed by atoms with Crippen molar-refractivity contribution in [2.45, 2.75) is 8.42 Å². The minimum atomic E-state index is -3.85. The van der Waals surface area contributed by atoms with Crippen LogP contribution in [0.3, 0.4) is 0 Å². The van der Waals surface area contributed by atoms with E-state index in [9.17, 15) is 16.8 Å². The van der Waals surface area contributed by atoms with Gasteiger partial charge in [0.2, 0.25) is 10.0 Å². The number of fused-ring (bicyclic) bond motifs is 1. The Balaban J connectivity index is 2.74. The van der Waals surface area contributed by atoms with Gasteiger partial charge in [-0.15, -0.1) is 11.3 Å². The molecule has 1 aliphatic rings. The molecule has 1 aromatic heterocycles. The molecule has 0 unspecified atom stereocenters. The predicted octanol–water partition coefficient (Wildman–Crippen LogP) is -0.342. The molecule has 9 heteroatoms. The lowest BCUT2D eigenvalue weighted by Gasteiger charge is -2.06. The van der Waals surface area contributed by atoms with Crippen LogP contribution >= 0.6 is 11.3 Å². The first kappa shape index (κ1) is 10.6. The van der Waals surface area contributed by atoms with E-state index in [1.54, 1.807) is 0 Å². The summed E-state index contributed by atoms with van der Waals surface area (Å²) < 4.78 is 46.8. The highest BCUT2D eigenvalue weighted by atomic mass is 32.3. The van der Waals surface area contributed by atoms with Crippen molar-refractivity contribution < 1.29 is 16.8 Å². The third-order valence-electron chi connectivity index (χ3n) is 1.71. The van der Waals surface area contributed by atoms with Gasteiger partial charge in [-0.05, 0) is 12.1 Å². The zero-order valence-corrected chi connectivity index (χ0v) is 9.62. The molecule has 1 aliphatic heterocycles. The van der Waals surface area contributed by atoms with Gasteiger partial charge in [0.05, 0.1) is 0 Å². The van der Waals surface area contributed by atoms with Gasteiger partial charge in [0.25, 0.3) is 10.0 Å². The van der Waals surface area contributed by atoms with Crippen LogP contribution in [0.25, 0.3) is 6.08 Å². The van der Waals surface area contributed by atoms with E-state index >= 15 is 0 Å². The Labute approximate surface area is 90.5 Å². The van der Waals surface area contributed by atoms with Gasteiger partial charge in [-0.2, -0.15) is 0 Å². The molecule has 2 heterocycles. The van der Waals surface area contributed by atoms with E-state index < -0.39 is 20.0 Å². The van der Waals surface area contributed by atoms with Crippen LogP contribution in [0, 0.1) is 0 Å². The summed E-state index contributed by atoms with van der Waals surface area (Å²) in [6.45, 7) is 0. The molecule has 3 N–H and O–H groups in total. The summed E-state index contributed by atoms with van der Waals surface area (Å²) in [6, 6.07) is 1.24. The second-order valence-electron chi connectivity index (χ2n) is 2.81. The number of primary sulfonamides is 1. The zero-order chi connectivity index (χ0) is 11.3. The van der Waals surface area contributed by atoms with Gasteiger partial charge >= 0.3 is 0 Å². The minimum absolute atomic E-state index is 0.0333. The molecule has 1 aromatic rings. The maximum atomic E-state index is 11.4. The van der Waals surface area contributed by atoms with Crippen molar-refractivity contribution in [2.24, 2.45) is 5.14 Å². The molecule has 0 atom stereocenters. The second kappa shape index (κ2) is 3.04. The van der Waals surface area contributed by atoms with Gasteiger partial charge in [-0.1, -0.05) is 0 Å². The van der Waals surface area contributed by atoms with Gasteiger partial charge in [0, 0.05) is 11.8 Å². The van der Waals surface area contributed by atoms with Crippen LogP contribution in [0.4, 0.5) is 0 Å². The van der Waals surface area contributed by atoms with E-state index in [0.717, 1.165) is 0 Å². The average Bonchev–Trinajstić information content (AvgIpc) is 2.47. The van der Waals surface area contributed by atoms with Crippen LogP contribution in [0.2, 0.25) is 0 Å². The third-order valence-corrected chi connectivity index (χ3v) is 6.16. The molecule has 0 saturated heterocycles. The molecule has 6 nitrogen and oxygen atoms in total. The summed E-state index contributed by atoms with van der Waals surface area (Å²) >= 11 is 0.635. The summed E-state index contributed by atoms with van der Waals surface area (Å²) in [7, 11) is -7.47. The van der Waals surface area contributed by atoms with Gasteiger partial charge in [-0.3, -0.25) is 4.72 Å². The summed E-state index contributed by atoms with van der Waals surface area (Å²) in [6.07, 6.45) is 2.71. The Morgan fingerprint density at radius 1 is 1.40 bits per heavy atom. The van der Waals surface area contributed by atoms with Crippen molar-refractivity contribution >= 4 is 37.5 Å². The topological polar surface area (TPSA) is 106 Å². The fourth-order valence-electron chi connectivity index (χ4n) is 1.10. The van der Waals surface area contributed by atoms with Crippen LogP contribution in [0.5, 0.6) is 0 Å². The molecular formula is C6H6N2O4S3. The predicted molar refractivity (Wildman–Crippen MR) is 55.0 cm³/mol. The fraction of sp³-hybridized carbons (Fsp3) is 0. The highest BCUT2D eigenvalue weighted by Gasteiger charge is 2.26. The summed E-state index contributed by atoms with van der Waals surface area (Å²) in [4.78, 5) is 0. The van der Waals surface area contributed by atoms with Gasteiger partial charge in [0.15, 0.2) is 0 Å². The Kier molecular flexibility index (Phi) is 2.15.